The lowest BCUT2D eigenvalue weighted by atomic mass is 10.0. The Labute approximate surface area is 204 Å². The van der Waals surface area contributed by atoms with Crippen LogP contribution >= 0.6 is 23.1 Å². The van der Waals surface area contributed by atoms with Gasteiger partial charge in [-0.25, -0.2) is 9.78 Å². The number of aromatic carboxylic acids is 1. The molecule has 0 radical (unpaired) electrons. The summed E-state index contributed by atoms with van der Waals surface area (Å²) in [6.45, 7) is 2.02. The highest BCUT2D eigenvalue weighted by Gasteiger charge is 2.21. The van der Waals surface area contributed by atoms with Gasteiger partial charge in [-0.05, 0) is 42.3 Å². The van der Waals surface area contributed by atoms with Crippen LogP contribution < -0.4 is 5.56 Å². The Morgan fingerprint density at radius 3 is 2.41 bits per heavy atom. The van der Waals surface area contributed by atoms with Crippen LogP contribution in [0.3, 0.4) is 0 Å². The number of thioether (sulfide) groups is 1. The van der Waals surface area contributed by atoms with Crippen LogP contribution in [0.25, 0.3) is 27.0 Å². The monoisotopic (exact) mass is 484 g/mol. The molecule has 3 aromatic carbocycles. The van der Waals surface area contributed by atoms with E-state index in [4.69, 9.17) is 4.98 Å². The van der Waals surface area contributed by atoms with Crippen LogP contribution in [0.1, 0.15) is 20.8 Å². The van der Waals surface area contributed by atoms with Gasteiger partial charge >= 0.3 is 5.97 Å². The highest BCUT2D eigenvalue weighted by molar-refractivity contribution is 7.98. The smallest absolute Gasteiger partial charge is 0.335 e. The number of thiophene rings is 1. The zero-order chi connectivity index (χ0) is 23.7. The molecule has 0 aliphatic rings. The van der Waals surface area contributed by atoms with E-state index in [0.29, 0.717) is 21.1 Å². The molecule has 0 unspecified atom stereocenters. The van der Waals surface area contributed by atoms with Crippen LogP contribution in [0.15, 0.2) is 94.9 Å². The molecule has 5 nitrogen and oxygen atoms in total. The number of carbonyl (C=O) groups is 1. The van der Waals surface area contributed by atoms with Crippen LogP contribution in [0, 0.1) is 6.92 Å². The maximum absolute atomic E-state index is 14.0. The van der Waals surface area contributed by atoms with Crippen LogP contribution in [-0.2, 0) is 5.75 Å². The van der Waals surface area contributed by atoms with Crippen molar-refractivity contribution in [1.82, 2.24) is 9.55 Å². The van der Waals surface area contributed by atoms with Crippen molar-refractivity contribution >= 4 is 39.3 Å². The van der Waals surface area contributed by atoms with Gasteiger partial charge in [0.25, 0.3) is 5.56 Å². The van der Waals surface area contributed by atoms with Crippen LogP contribution in [-0.4, -0.2) is 20.6 Å². The number of hydrogen-bond acceptors (Lipinski definition) is 5. The molecule has 7 heteroatoms. The maximum Gasteiger partial charge on any atom is 0.335 e. The van der Waals surface area contributed by atoms with Gasteiger partial charge in [-0.1, -0.05) is 72.4 Å². The highest BCUT2D eigenvalue weighted by atomic mass is 32.2. The van der Waals surface area contributed by atoms with E-state index in [9.17, 15) is 14.7 Å². The minimum atomic E-state index is -0.963. The first kappa shape index (κ1) is 22.1. The van der Waals surface area contributed by atoms with Gasteiger partial charge in [0.2, 0.25) is 0 Å². The van der Waals surface area contributed by atoms with Crippen LogP contribution in [0.4, 0.5) is 0 Å². The average Bonchev–Trinajstić information content (AvgIpc) is 3.20. The summed E-state index contributed by atoms with van der Waals surface area (Å²) in [5, 5.41) is 10.5. The molecule has 34 heavy (non-hydrogen) atoms. The van der Waals surface area contributed by atoms with Crippen molar-refractivity contribution in [2.75, 3.05) is 0 Å². The van der Waals surface area contributed by atoms with Crippen LogP contribution in [0.5, 0.6) is 0 Å². The largest absolute Gasteiger partial charge is 0.478 e. The minimum absolute atomic E-state index is 0.110. The standard InChI is InChI=1S/C27H20N2O3S2/c1-17-22(19-10-4-2-5-11-19)23-24(34-17)28-27(29(25(23)30)21-13-6-3-7-14-21)33-16-18-9-8-12-20(15-18)26(31)32/h2-15H,16H2,1H3,(H,31,32). The molecule has 0 fully saturated rings. The molecule has 2 heterocycles. The summed E-state index contributed by atoms with van der Waals surface area (Å²) in [5.41, 5.74) is 3.64. The zero-order valence-electron chi connectivity index (χ0n) is 18.3. The summed E-state index contributed by atoms with van der Waals surface area (Å²) in [5.74, 6) is -0.475. The zero-order valence-corrected chi connectivity index (χ0v) is 19.9. The van der Waals surface area contributed by atoms with E-state index in [0.717, 1.165) is 27.3 Å². The molecule has 168 valence electrons. The van der Waals surface area contributed by atoms with E-state index in [1.54, 1.807) is 22.8 Å². The number of fused-ring (bicyclic) bond motifs is 1. The van der Waals surface area contributed by atoms with Gasteiger partial charge in [0.05, 0.1) is 16.6 Å². The molecule has 0 saturated heterocycles. The first-order valence-corrected chi connectivity index (χ1v) is 12.4. The fourth-order valence-corrected chi connectivity index (χ4v) is 5.98. The Bertz CT molecular complexity index is 1560. The first-order valence-electron chi connectivity index (χ1n) is 10.6. The molecule has 0 bridgehead atoms. The van der Waals surface area contributed by atoms with Gasteiger partial charge in [0.15, 0.2) is 5.16 Å². The molecule has 0 amide bonds. The third-order valence-corrected chi connectivity index (χ3v) is 7.50. The predicted molar refractivity (Wildman–Crippen MR) is 138 cm³/mol. The molecule has 2 aromatic heterocycles. The second-order valence-electron chi connectivity index (χ2n) is 7.74. The van der Waals surface area contributed by atoms with Crippen molar-refractivity contribution in [3.05, 3.63) is 111 Å². The van der Waals surface area contributed by atoms with Gasteiger partial charge in [-0.3, -0.25) is 9.36 Å². The van der Waals surface area contributed by atoms with Gasteiger partial charge in [-0.15, -0.1) is 11.3 Å². The Kier molecular flexibility index (Phi) is 6.04. The van der Waals surface area contributed by atoms with Crippen molar-refractivity contribution in [3.63, 3.8) is 0 Å². The van der Waals surface area contributed by atoms with E-state index >= 15 is 0 Å². The molecule has 0 atom stereocenters. The number of aryl methyl sites for hydroxylation is 1. The van der Waals surface area contributed by atoms with Crippen molar-refractivity contribution in [2.24, 2.45) is 0 Å². The average molecular weight is 485 g/mol. The van der Waals surface area contributed by atoms with Crippen molar-refractivity contribution < 1.29 is 9.90 Å². The highest BCUT2D eigenvalue weighted by Crippen LogP contribution is 2.37. The quantitative estimate of drug-likeness (QED) is 0.223. The number of hydrogen-bond donors (Lipinski definition) is 1. The fourth-order valence-electron chi connectivity index (χ4n) is 3.94. The van der Waals surface area contributed by atoms with Crippen molar-refractivity contribution in [1.29, 1.82) is 0 Å². The second-order valence-corrected chi connectivity index (χ2v) is 9.89. The van der Waals surface area contributed by atoms with E-state index in [1.807, 2.05) is 73.7 Å². The molecule has 1 N–H and O–H groups in total. The van der Waals surface area contributed by atoms with E-state index in [2.05, 4.69) is 0 Å². The fraction of sp³-hybridized carbons (Fsp3) is 0.0741. The summed E-state index contributed by atoms with van der Waals surface area (Å²) in [6.07, 6.45) is 0. The van der Waals surface area contributed by atoms with Gasteiger partial charge in [0.1, 0.15) is 4.83 Å². The number of benzene rings is 3. The molecule has 5 aromatic rings. The topological polar surface area (TPSA) is 72.2 Å². The Hall–Kier alpha value is -3.68. The Balaban J connectivity index is 1.67. The number of nitrogens with zero attached hydrogens (tertiary/aromatic N) is 2. The lowest BCUT2D eigenvalue weighted by Crippen LogP contribution is -2.21. The van der Waals surface area contributed by atoms with Gasteiger partial charge < -0.3 is 5.11 Å². The molecule has 0 spiro atoms. The Morgan fingerprint density at radius 2 is 1.71 bits per heavy atom. The lowest BCUT2D eigenvalue weighted by molar-refractivity contribution is 0.0696. The molecule has 0 aliphatic carbocycles. The summed E-state index contributed by atoms with van der Waals surface area (Å²) in [4.78, 5) is 32.0. The number of para-hydroxylation sites is 1. The summed E-state index contributed by atoms with van der Waals surface area (Å²) in [6, 6.07) is 26.3. The van der Waals surface area contributed by atoms with Gasteiger partial charge in [-0.2, -0.15) is 0 Å². The first-order chi connectivity index (χ1) is 16.5. The maximum atomic E-state index is 14.0. The lowest BCUT2D eigenvalue weighted by Gasteiger charge is -2.13. The predicted octanol–water partition coefficient (Wildman–Crippen LogP) is 6.41. The Morgan fingerprint density at radius 1 is 1.00 bits per heavy atom. The summed E-state index contributed by atoms with van der Waals surface area (Å²) in [7, 11) is 0. The summed E-state index contributed by atoms with van der Waals surface area (Å²) < 4.78 is 1.66. The molecular formula is C27H20N2O3S2. The number of rotatable bonds is 6. The molecule has 5 rings (SSSR count). The number of aromatic nitrogens is 2. The number of carboxylic acids is 1. The SMILES string of the molecule is Cc1sc2nc(SCc3cccc(C(=O)O)c3)n(-c3ccccc3)c(=O)c2c1-c1ccccc1. The van der Waals surface area contributed by atoms with Gasteiger partial charge in [0, 0.05) is 16.2 Å². The molecule has 0 saturated carbocycles. The van der Waals surface area contributed by atoms with E-state index in [-0.39, 0.29) is 11.1 Å². The normalized spacial score (nSPS) is 11.1. The number of carboxylic acid groups (broad SMARTS) is 1. The third-order valence-electron chi connectivity index (χ3n) is 5.49. The third kappa shape index (κ3) is 4.16. The van der Waals surface area contributed by atoms with Crippen molar-refractivity contribution in [2.45, 2.75) is 17.8 Å². The van der Waals surface area contributed by atoms with Crippen LogP contribution in [0.2, 0.25) is 0 Å². The van der Waals surface area contributed by atoms with Crippen molar-refractivity contribution in [3.8, 4) is 16.8 Å². The minimum Gasteiger partial charge on any atom is -0.478 e. The molecular weight excluding hydrogens is 464 g/mol. The summed E-state index contributed by atoms with van der Waals surface area (Å²) >= 11 is 2.94. The van der Waals surface area contributed by atoms with E-state index in [1.165, 1.54) is 23.1 Å². The second kappa shape index (κ2) is 9.29. The van der Waals surface area contributed by atoms with E-state index < -0.39 is 5.97 Å². The molecule has 0 aliphatic heterocycles.